The zero-order valence-corrected chi connectivity index (χ0v) is 13.5. The van der Waals surface area contributed by atoms with Crippen molar-refractivity contribution in [2.45, 2.75) is 10.1 Å². The Balaban J connectivity index is 1.69. The van der Waals surface area contributed by atoms with Crippen LogP contribution in [0.3, 0.4) is 0 Å². The van der Waals surface area contributed by atoms with E-state index in [0.29, 0.717) is 10.6 Å². The van der Waals surface area contributed by atoms with E-state index in [1.807, 2.05) is 0 Å². The lowest BCUT2D eigenvalue weighted by Crippen LogP contribution is -2.56. The summed E-state index contributed by atoms with van der Waals surface area (Å²) in [7, 11) is -3.49. The van der Waals surface area contributed by atoms with Gasteiger partial charge in [0.25, 0.3) is 5.91 Å². The molecule has 0 aliphatic carbocycles. The van der Waals surface area contributed by atoms with E-state index in [-0.39, 0.29) is 23.9 Å². The van der Waals surface area contributed by atoms with Crippen LogP contribution in [0.2, 0.25) is 5.02 Å². The minimum absolute atomic E-state index is 0.126. The quantitative estimate of drug-likeness (QED) is 0.852. The van der Waals surface area contributed by atoms with Gasteiger partial charge in [-0.3, -0.25) is 4.79 Å². The largest absolute Gasteiger partial charge is 0.336 e. The smallest absolute Gasteiger partial charge is 0.253 e. The van der Waals surface area contributed by atoms with Gasteiger partial charge in [0, 0.05) is 23.7 Å². The number of amides is 1. The first-order valence-corrected chi connectivity index (χ1v) is 8.84. The van der Waals surface area contributed by atoms with Crippen LogP contribution < -0.4 is 0 Å². The van der Waals surface area contributed by atoms with Crippen LogP contribution in [0.5, 0.6) is 0 Å². The van der Waals surface area contributed by atoms with Crippen LogP contribution in [0.15, 0.2) is 53.4 Å². The van der Waals surface area contributed by atoms with E-state index < -0.39 is 20.9 Å². The molecule has 2 aromatic carbocycles. The summed E-state index contributed by atoms with van der Waals surface area (Å²) in [6.07, 6.45) is 0. The fourth-order valence-electron chi connectivity index (χ4n) is 2.39. The SMILES string of the molecule is O=C(c1ccc(F)cc1)N1CC(S(=O)(=O)c2ccc(Cl)cc2)C1. The molecule has 7 heteroatoms. The lowest BCUT2D eigenvalue weighted by molar-refractivity contribution is 0.0659. The van der Waals surface area contributed by atoms with Gasteiger partial charge in [0.1, 0.15) is 11.1 Å². The molecule has 3 rings (SSSR count). The standard InChI is InChI=1S/C16H13ClFNO3S/c17-12-3-7-14(8-4-12)23(21,22)15-9-19(10-15)16(20)11-1-5-13(18)6-2-11/h1-8,15H,9-10H2. The number of hydrogen-bond donors (Lipinski definition) is 0. The Labute approximate surface area is 138 Å². The second-order valence-corrected chi connectivity index (χ2v) is 8.00. The highest BCUT2D eigenvalue weighted by atomic mass is 35.5. The molecule has 1 saturated heterocycles. The van der Waals surface area contributed by atoms with Gasteiger partial charge < -0.3 is 4.90 Å². The topological polar surface area (TPSA) is 54.5 Å². The van der Waals surface area contributed by atoms with Crippen LogP contribution in [-0.4, -0.2) is 37.6 Å². The summed E-state index contributed by atoms with van der Waals surface area (Å²) in [6.45, 7) is 0.252. The van der Waals surface area contributed by atoms with Crippen LogP contribution in [0, 0.1) is 5.82 Å². The highest BCUT2D eigenvalue weighted by molar-refractivity contribution is 7.92. The zero-order chi connectivity index (χ0) is 16.6. The van der Waals surface area contributed by atoms with Gasteiger partial charge in [0.05, 0.1) is 4.90 Å². The van der Waals surface area contributed by atoms with E-state index in [1.165, 1.54) is 53.4 Å². The lowest BCUT2D eigenvalue weighted by atomic mass is 10.1. The van der Waals surface area contributed by atoms with E-state index in [0.717, 1.165) is 0 Å². The molecule has 1 aliphatic rings. The van der Waals surface area contributed by atoms with Crippen molar-refractivity contribution in [2.75, 3.05) is 13.1 Å². The third-order valence-corrected chi connectivity index (χ3v) is 6.16. The molecule has 0 saturated carbocycles. The third kappa shape index (κ3) is 3.09. The molecule has 0 aromatic heterocycles. The minimum atomic E-state index is -3.49. The van der Waals surface area contributed by atoms with E-state index >= 15 is 0 Å². The number of nitrogens with zero attached hydrogens (tertiary/aromatic N) is 1. The van der Waals surface area contributed by atoms with Crippen LogP contribution in [0.25, 0.3) is 0 Å². The van der Waals surface area contributed by atoms with Crippen LogP contribution in [-0.2, 0) is 9.84 Å². The predicted octanol–water partition coefficient (Wildman–Crippen LogP) is 2.78. The van der Waals surface area contributed by atoms with Gasteiger partial charge in [-0.25, -0.2) is 12.8 Å². The van der Waals surface area contributed by atoms with Crippen molar-refractivity contribution in [2.24, 2.45) is 0 Å². The molecule has 0 N–H and O–H groups in total. The van der Waals surface area contributed by atoms with Gasteiger partial charge in [-0.1, -0.05) is 11.6 Å². The fourth-order valence-corrected chi connectivity index (χ4v) is 4.17. The maximum absolute atomic E-state index is 12.9. The Hall–Kier alpha value is -1.92. The van der Waals surface area contributed by atoms with Crippen LogP contribution >= 0.6 is 11.6 Å². The summed E-state index contributed by atoms with van der Waals surface area (Å²) < 4.78 is 37.8. The molecule has 0 unspecified atom stereocenters. The first-order valence-electron chi connectivity index (χ1n) is 6.92. The Morgan fingerprint density at radius 3 is 2.17 bits per heavy atom. The normalized spacial score (nSPS) is 15.3. The zero-order valence-electron chi connectivity index (χ0n) is 11.9. The van der Waals surface area contributed by atoms with E-state index in [2.05, 4.69) is 0 Å². The molecule has 0 radical (unpaired) electrons. The maximum atomic E-state index is 12.9. The third-order valence-electron chi connectivity index (χ3n) is 3.81. The summed E-state index contributed by atoms with van der Waals surface area (Å²) in [5, 5.41) is -0.168. The van der Waals surface area contributed by atoms with Crippen molar-refractivity contribution < 1.29 is 17.6 Å². The van der Waals surface area contributed by atoms with Gasteiger partial charge in [-0.2, -0.15) is 0 Å². The average molecular weight is 354 g/mol. The number of halogens is 2. The highest BCUT2D eigenvalue weighted by Gasteiger charge is 2.40. The average Bonchev–Trinajstić information content (AvgIpc) is 2.46. The molecule has 0 atom stereocenters. The number of rotatable bonds is 3. The molecule has 2 aromatic rings. The number of carbonyl (C=O) groups is 1. The van der Waals surface area contributed by atoms with Crippen molar-refractivity contribution in [3.8, 4) is 0 Å². The molecule has 1 fully saturated rings. The van der Waals surface area contributed by atoms with Gasteiger partial charge >= 0.3 is 0 Å². The van der Waals surface area contributed by atoms with Crippen molar-refractivity contribution in [3.05, 3.63) is 64.9 Å². The second-order valence-electron chi connectivity index (χ2n) is 5.34. The molecule has 0 spiro atoms. The molecule has 1 heterocycles. The number of carbonyl (C=O) groups excluding carboxylic acids is 1. The summed E-state index contributed by atoms with van der Waals surface area (Å²) in [5.74, 6) is -0.721. The molecule has 1 amide bonds. The number of benzene rings is 2. The minimum Gasteiger partial charge on any atom is -0.336 e. The van der Waals surface area contributed by atoms with Crippen molar-refractivity contribution in [1.29, 1.82) is 0 Å². The number of hydrogen-bond acceptors (Lipinski definition) is 3. The van der Waals surface area contributed by atoms with E-state index in [1.54, 1.807) is 0 Å². The lowest BCUT2D eigenvalue weighted by Gasteiger charge is -2.38. The summed E-state index contributed by atoms with van der Waals surface area (Å²) >= 11 is 5.76. The van der Waals surface area contributed by atoms with Crippen molar-refractivity contribution in [1.82, 2.24) is 4.90 Å². The van der Waals surface area contributed by atoms with Crippen LogP contribution in [0.4, 0.5) is 4.39 Å². The predicted molar refractivity (Wildman–Crippen MR) is 84.7 cm³/mol. The molecule has 120 valence electrons. The van der Waals surface area contributed by atoms with Gasteiger partial charge in [0.15, 0.2) is 9.84 Å². The summed E-state index contributed by atoms with van der Waals surface area (Å²) in [4.78, 5) is 13.8. The second kappa shape index (κ2) is 5.94. The Morgan fingerprint density at radius 1 is 1.04 bits per heavy atom. The Morgan fingerprint density at radius 2 is 1.61 bits per heavy atom. The van der Waals surface area contributed by atoms with Gasteiger partial charge in [0.2, 0.25) is 0 Å². The van der Waals surface area contributed by atoms with E-state index in [4.69, 9.17) is 11.6 Å². The molecule has 23 heavy (non-hydrogen) atoms. The van der Waals surface area contributed by atoms with Crippen LogP contribution in [0.1, 0.15) is 10.4 Å². The number of sulfone groups is 1. The maximum Gasteiger partial charge on any atom is 0.253 e. The molecular weight excluding hydrogens is 341 g/mol. The highest BCUT2D eigenvalue weighted by Crippen LogP contribution is 2.26. The van der Waals surface area contributed by atoms with Crippen molar-refractivity contribution >= 4 is 27.3 Å². The fraction of sp³-hybridized carbons (Fsp3) is 0.188. The first kappa shape index (κ1) is 16.0. The summed E-state index contributed by atoms with van der Waals surface area (Å²) in [6, 6.07) is 11.1. The van der Waals surface area contributed by atoms with Gasteiger partial charge in [-0.05, 0) is 48.5 Å². The Bertz CT molecular complexity index is 829. The number of likely N-dealkylation sites (tertiary alicyclic amines) is 1. The molecule has 0 bridgehead atoms. The van der Waals surface area contributed by atoms with Crippen molar-refractivity contribution in [3.63, 3.8) is 0 Å². The molecule has 4 nitrogen and oxygen atoms in total. The van der Waals surface area contributed by atoms with Gasteiger partial charge in [-0.15, -0.1) is 0 Å². The molecule has 1 aliphatic heterocycles. The van der Waals surface area contributed by atoms with E-state index in [9.17, 15) is 17.6 Å². The first-order chi connectivity index (χ1) is 10.9. The Kier molecular flexibility index (Phi) is 4.12. The monoisotopic (exact) mass is 353 g/mol. The molecular formula is C16H13ClFNO3S. The summed E-state index contributed by atoms with van der Waals surface area (Å²) in [5.41, 5.74) is 0.341.